The molecule has 1 aromatic rings. The summed E-state index contributed by atoms with van der Waals surface area (Å²) in [7, 11) is 0. The number of carbonyl (C=O) groups is 1. The van der Waals surface area contributed by atoms with Crippen molar-refractivity contribution in [3.63, 3.8) is 0 Å². The van der Waals surface area contributed by atoms with Crippen LogP contribution in [0.2, 0.25) is 0 Å². The van der Waals surface area contributed by atoms with Crippen molar-refractivity contribution in [2.24, 2.45) is 4.99 Å². The number of thiocarbonyl (C=S) groups is 1. The average Bonchev–Trinajstić information content (AvgIpc) is 2.25. The fourth-order valence-electron chi connectivity index (χ4n) is 0.982. The molecule has 0 saturated carbocycles. The molecule has 0 fully saturated rings. The van der Waals surface area contributed by atoms with Crippen LogP contribution in [0.5, 0.6) is 0 Å². The minimum atomic E-state index is 0.0772. The molecule has 0 amide bonds. The summed E-state index contributed by atoms with van der Waals surface area (Å²) in [6.07, 6.45) is 0. The van der Waals surface area contributed by atoms with Crippen molar-refractivity contribution in [2.45, 2.75) is 6.92 Å². The summed E-state index contributed by atoms with van der Waals surface area (Å²) in [5, 5.41) is 2.38. The van der Waals surface area contributed by atoms with Gasteiger partial charge in [0.15, 0.2) is 5.12 Å². The molecule has 0 heterocycles. The zero-order chi connectivity index (χ0) is 11.8. The second-order valence-corrected chi connectivity index (χ2v) is 4.17. The maximum atomic E-state index is 10.7. The molecular weight excluding hydrogens is 238 g/mol. The SMILES string of the molecule is CC(=O)SCC#Cc1cccc(N=C=S)c1. The largest absolute Gasteiger partial charge is 0.288 e. The van der Waals surface area contributed by atoms with Gasteiger partial charge in [0.2, 0.25) is 0 Å². The fourth-order valence-corrected chi connectivity index (χ4v) is 1.43. The van der Waals surface area contributed by atoms with E-state index in [1.54, 1.807) is 0 Å². The van der Waals surface area contributed by atoms with E-state index in [1.165, 1.54) is 18.7 Å². The van der Waals surface area contributed by atoms with Crippen molar-refractivity contribution in [2.75, 3.05) is 5.75 Å². The lowest BCUT2D eigenvalue weighted by Crippen LogP contribution is -1.82. The summed E-state index contributed by atoms with van der Waals surface area (Å²) in [6.45, 7) is 1.53. The van der Waals surface area contributed by atoms with Gasteiger partial charge < -0.3 is 0 Å². The lowest BCUT2D eigenvalue weighted by molar-refractivity contribution is -0.109. The minimum absolute atomic E-state index is 0.0772. The second kappa shape index (κ2) is 6.97. The van der Waals surface area contributed by atoms with Gasteiger partial charge >= 0.3 is 0 Å². The van der Waals surface area contributed by atoms with E-state index in [0.717, 1.165) is 11.3 Å². The molecule has 0 unspecified atom stereocenters. The Kier molecular flexibility index (Phi) is 5.52. The van der Waals surface area contributed by atoms with Crippen molar-refractivity contribution in [1.29, 1.82) is 0 Å². The van der Waals surface area contributed by atoms with Crippen LogP contribution >= 0.6 is 24.0 Å². The van der Waals surface area contributed by atoms with Gasteiger partial charge in [-0.15, -0.1) is 0 Å². The first-order chi connectivity index (χ1) is 7.72. The molecule has 1 rings (SSSR count). The van der Waals surface area contributed by atoms with Crippen molar-refractivity contribution in [1.82, 2.24) is 0 Å². The number of aliphatic imine (C=N–C) groups is 1. The van der Waals surface area contributed by atoms with E-state index < -0.39 is 0 Å². The van der Waals surface area contributed by atoms with Crippen molar-refractivity contribution >= 4 is 39.9 Å². The molecule has 0 aliphatic rings. The number of isothiocyanates is 1. The topological polar surface area (TPSA) is 29.4 Å². The van der Waals surface area contributed by atoms with Crippen LogP contribution in [-0.4, -0.2) is 16.0 Å². The number of rotatable bonds is 2. The molecule has 0 radical (unpaired) electrons. The van der Waals surface area contributed by atoms with E-state index in [9.17, 15) is 4.79 Å². The third kappa shape index (κ3) is 4.90. The number of thioether (sulfide) groups is 1. The number of nitrogens with zero attached hydrogens (tertiary/aromatic N) is 1. The zero-order valence-corrected chi connectivity index (χ0v) is 10.3. The first kappa shape index (κ1) is 12.7. The molecule has 0 aliphatic carbocycles. The van der Waals surface area contributed by atoms with Crippen LogP contribution in [0.1, 0.15) is 12.5 Å². The monoisotopic (exact) mass is 247 g/mol. The maximum Gasteiger partial charge on any atom is 0.186 e. The Labute approximate surface area is 104 Å². The van der Waals surface area contributed by atoms with Crippen molar-refractivity contribution in [3.05, 3.63) is 29.8 Å². The van der Waals surface area contributed by atoms with Crippen LogP contribution < -0.4 is 0 Å². The van der Waals surface area contributed by atoms with E-state index in [2.05, 4.69) is 34.2 Å². The van der Waals surface area contributed by atoms with Crippen LogP contribution in [0.4, 0.5) is 5.69 Å². The van der Waals surface area contributed by atoms with E-state index in [0.29, 0.717) is 5.75 Å². The smallest absolute Gasteiger partial charge is 0.186 e. The van der Waals surface area contributed by atoms with Crippen LogP contribution in [-0.2, 0) is 4.79 Å². The summed E-state index contributed by atoms with van der Waals surface area (Å²) in [6, 6.07) is 7.39. The van der Waals surface area contributed by atoms with Crippen LogP contribution in [0.25, 0.3) is 0 Å². The Hall–Kier alpha value is -1.40. The van der Waals surface area contributed by atoms with E-state index >= 15 is 0 Å². The van der Waals surface area contributed by atoms with Crippen LogP contribution in [0.15, 0.2) is 29.3 Å². The quantitative estimate of drug-likeness (QED) is 0.457. The zero-order valence-electron chi connectivity index (χ0n) is 8.69. The van der Waals surface area contributed by atoms with Gasteiger partial charge in [0.05, 0.1) is 16.6 Å². The molecular formula is C12H9NOS2. The van der Waals surface area contributed by atoms with Crippen molar-refractivity contribution < 1.29 is 4.79 Å². The standard InChI is InChI=1S/C12H9NOS2/c1-10(14)16-7-3-5-11-4-2-6-12(8-11)13-9-15/h2,4,6,8H,7H2,1H3. The van der Waals surface area contributed by atoms with E-state index in [-0.39, 0.29) is 5.12 Å². The Morgan fingerprint density at radius 1 is 1.56 bits per heavy atom. The van der Waals surface area contributed by atoms with Crippen LogP contribution in [0.3, 0.4) is 0 Å². The normalized spacial score (nSPS) is 8.56. The lowest BCUT2D eigenvalue weighted by atomic mass is 10.2. The first-order valence-corrected chi connectivity index (χ1v) is 5.92. The molecule has 0 N–H and O–H groups in total. The molecule has 0 atom stereocenters. The molecule has 0 spiro atoms. The third-order valence-corrected chi connectivity index (χ3v) is 2.39. The number of carbonyl (C=O) groups excluding carboxylic acids is 1. The predicted octanol–water partition coefficient (Wildman–Crippen LogP) is 3.05. The molecule has 2 nitrogen and oxygen atoms in total. The summed E-state index contributed by atoms with van der Waals surface area (Å²) in [5.74, 6) is 6.37. The summed E-state index contributed by atoms with van der Waals surface area (Å²) >= 11 is 5.72. The average molecular weight is 247 g/mol. The van der Waals surface area contributed by atoms with Gasteiger partial charge in [-0.1, -0.05) is 29.7 Å². The predicted molar refractivity (Wildman–Crippen MR) is 71.1 cm³/mol. The maximum absolute atomic E-state index is 10.7. The highest BCUT2D eigenvalue weighted by molar-refractivity contribution is 8.13. The highest BCUT2D eigenvalue weighted by atomic mass is 32.2. The first-order valence-electron chi connectivity index (χ1n) is 4.52. The highest BCUT2D eigenvalue weighted by Gasteiger charge is 1.91. The summed E-state index contributed by atoms with van der Waals surface area (Å²) in [5.41, 5.74) is 1.59. The summed E-state index contributed by atoms with van der Waals surface area (Å²) < 4.78 is 0. The molecule has 1 aromatic carbocycles. The Morgan fingerprint density at radius 2 is 2.38 bits per heavy atom. The second-order valence-electron chi connectivity index (χ2n) is 2.84. The van der Waals surface area contributed by atoms with Gasteiger partial charge in [-0.25, -0.2) is 0 Å². The molecule has 0 bridgehead atoms. The Morgan fingerprint density at radius 3 is 3.06 bits per heavy atom. The third-order valence-electron chi connectivity index (χ3n) is 1.60. The molecule has 0 aliphatic heterocycles. The number of hydrogen-bond donors (Lipinski definition) is 0. The van der Waals surface area contributed by atoms with Gasteiger partial charge in [-0.2, -0.15) is 4.99 Å². The summed E-state index contributed by atoms with van der Waals surface area (Å²) in [4.78, 5) is 14.5. The van der Waals surface area contributed by atoms with E-state index in [4.69, 9.17) is 0 Å². The van der Waals surface area contributed by atoms with Crippen LogP contribution in [0, 0.1) is 11.8 Å². The van der Waals surface area contributed by atoms with E-state index in [1.807, 2.05) is 24.3 Å². The lowest BCUT2D eigenvalue weighted by Gasteiger charge is -1.92. The number of hydrogen-bond acceptors (Lipinski definition) is 4. The Bertz CT molecular complexity index is 493. The van der Waals surface area contributed by atoms with Crippen molar-refractivity contribution in [3.8, 4) is 11.8 Å². The highest BCUT2D eigenvalue weighted by Crippen LogP contribution is 2.12. The Balaban J connectivity index is 2.69. The molecule has 16 heavy (non-hydrogen) atoms. The minimum Gasteiger partial charge on any atom is -0.288 e. The van der Waals surface area contributed by atoms with Gasteiger partial charge in [0.1, 0.15) is 0 Å². The number of benzene rings is 1. The van der Waals surface area contributed by atoms with Gasteiger partial charge in [-0.3, -0.25) is 4.79 Å². The van der Waals surface area contributed by atoms with Gasteiger partial charge in [0.25, 0.3) is 0 Å². The van der Waals surface area contributed by atoms with Gasteiger partial charge in [-0.05, 0) is 30.4 Å². The van der Waals surface area contributed by atoms with Gasteiger partial charge in [0, 0.05) is 12.5 Å². The molecule has 4 heteroatoms. The fraction of sp³-hybridized carbons (Fsp3) is 0.167. The molecule has 0 saturated heterocycles. The molecule has 0 aromatic heterocycles. The molecule has 80 valence electrons.